The fourth-order valence-corrected chi connectivity index (χ4v) is 2.28. The molecule has 0 spiro atoms. The van der Waals surface area contributed by atoms with Gasteiger partial charge in [0, 0.05) is 12.1 Å². The van der Waals surface area contributed by atoms with Crippen LogP contribution in [0.3, 0.4) is 0 Å². The van der Waals surface area contributed by atoms with E-state index in [9.17, 15) is 0 Å². The van der Waals surface area contributed by atoms with Gasteiger partial charge in [0.05, 0.1) is 19.0 Å². The maximum absolute atomic E-state index is 5.40. The van der Waals surface area contributed by atoms with Crippen molar-refractivity contribution in [1.29, 1.82) is 0 Å². The molecule has 1 rings (SSSR count). The predicted octanol–water partition coefficient (Wildman–Crippen LogP) is 2.79. The number of aromatic nitrogens is 2. The van der Waals surface area contributed by atoms with E-state index in [0.717, 1.165) is 31.6 Å². The zero-order valence-corrected chi connectivity index (χ0v) is 12.4. The first-order valence-corrected chi connectivity index (χ1v) is 6.97. The Balaban J connectivity index is 2.72. The Morgan fingerprint density at radius 2 is 2.11 bits per heavy atom. The van der Waals surface area contributed by atoms with Gasteiger partial charge in [-0.1, -0.05) is 13.8 Å². The normalized spacial score (nSPS) is 13.0. The fourth-order valence-electron chi connectivity index (χ4n) is 2.28. The van der Waals surface area contributed by atoms with Gasteiger partial charge in [0.2, 0.25) is 0 Å². The number of nitrogens with zero attached hydrogens (tertiary/aromatic N) is 2. The molecule has 1 atom stereocenters. The van der Waals surface area contributed by atoms with Crippen molar-refractivity contribution < 1.29 is 4.74 Å². The molecule has 0 aliphatic rings. The minimum Gasteiger partial charge on any atom is -0.493 e. The van der Waals surface area contributed by atoms with Crippen LogP contribution in [0, 0.1) is 0 Å². The van der Waals surface area contributed by atoms with Gasteiger partial charge in [-0.3, -0.25) is 4.68 Å². The lowest BCUT2D eigenvalue weighted by Crippen LogP contribution is -2.28. The Kier molecular flexibility index (Phi) is 6.19. The minimum absolute atomic E-state index is 0.378. The molecule has 4 heteroatoms. The summed E-state index contributed by atoms with van der Waals surface area (Å²) in [6.07, 6.45) is 5.11. The van der Waals surface area contributed by atoms with Crippen LogP contribution in [0.2, 0.25) is 0 Å². The summed E-state index contributed by atoms with van der Waals surface area (Å²) in [5.74, 6) is 0.912. The fraction of sp³-hybridized carbons (Fsp3) is 0.786. The summed E-state index contributed by atoms with van der Waals surface area (Å²) in [4.78, 5) is 0. The minimum atomic E-state index is 0.378. The molecule has 0 saturated heterocycles. The third-order valence-corrected chi connectivity index (χ3v) is 3.28. The van der Waals surface area contributed by atoms with E-state index in [1.165, 1.54) is 5.69 Å². The Morgan fingerprint density at radius 3 is 2.61 bits per heavy atom. The van der Waals surface area contributed by atoms with Crippen molar-refractivity contribution in [2.45, 2.75) is 59.0 Å². The smallest absolute Gasteiger partial charge is 0.159 e. The van der Waals surface area contributed by atoms with Gasteiger partial charge >= 0.3 is 0 Å². The third kappa shape index (κ3) is 3.73. The predicted molar refractivity (Wildman–Crippen MR) is 75.2 cm³/mol. The number of hydrogen-bond acceptors (Lipinski definition) is 3. The van der Waals surface area contributed by atoms with Crippen molar-refractivity contribution >= 4 is 0 Å². The Labute approximate surface area is 111 Å². The summed E-state index contributed by atoms with van der Waals surface area (Å²) < 4.78 is 7.47. The van der Waals surface area contributed by atoms with Gasteiger partial charge in [-0.25, -0.2) is 0 Å². The van der Waals surface area contributed by atoms with Crippen molar-refractivity contribution in [2.24, 2.45) is 0 Å². The van der Waals surface area contributed by atoms with E-state index in [-0.39, 0.29) is 0 Å². The monoisotopic (exact) mass is 253 g/mol. The van der Waals surface area contributed by atoms with Crippen LogP contribution in [0.4, 0.5) is 0 Å². The van der Waals surface area contributed by atoms with E-state index in [4.69, 9.17) is 4.74 Å². The van der Waals surface area contributed by atoms with E-state index < -0.39 is 0 Å². The molecule has 0 radical (unpaired) electrons. The molecule has 4 nitrogen and oxygen atoms in total. The lowest BCUT2D eigenvalue weighted by molar-refractivity contribution is 0.397. The topological polar surface area (TPSA) is 39.1 Å². The Bertz CT molecular complexity index is 347. The summed E-state index contributed by atoms with van der Waals surface area (Å²) in [6, 6.07) is 0.957. The van der Waals surface area contributed by atoms with E-state index in [0.29, 0.717) is 12.1 Å². The standard InChI is InChI=1S/C14H27N3O/c1-6-12(15-7-2)8-9-13-14(18-5)10-16-17(13)11(3)4/h10-12,15H,6-9H2,1-5H3. The van der Waals surface area contributed by atoms with E-state index >= 15 is 0 Å². The van der Waals surface area contributed by atoms with Crippen molar-refractivity contribution in [1.82, 2.24) is 15.1 Å². The van der Waals surface area contributed by atoms with Crippen LogP contribution in [-0.2, 0) is 6.42 Å². The largest absolute Gasteiger partial charge is 0.493 e. The maximum Gasteiger partial charge on any atom is 0.159 e. The summed E-state index contributed by atoms with van der Waals surface area (Å²) in [5.41, 5.74) is 1.21. The van der Waals surface area contributed by atoms with Gasteiger partial charge in [0.25, 0.3) is 0 Å². The van der Waals surface area contributed by atoms with Crippen LogP contribution >= 0.6 is 0 Å². The maximum atomic E-state index is 5.40. The summed E-state index contributed by atoms with van der Waals surface area (Å²) >= 11 is 0. The lowest BCUT2D eigenvalue weighted by atomic mass is 10.1. The highest BCUT2D eigenvalue weighted by Gasteiger charge is 2.15. The van der Waals surface area contributed by atoms with Crippen LogP contribution in [0.25, 0.3) is 0 Å². The van der Waals surface area contributed by atoms with Gasteiger partial charge in [0.15, 0.2) is 5.75 Å². The molecule has 1 aromatic rings. The van der Waals surface area contributed by atoms with Crippen LogP contribution in [-0.4, -0.2) is 29.5 Å². The molecule has 1 unspecified atom stereocenters. The molecule has 0 amide bonds. The quantitative estimate of drug-likeness (QED) is 0.774. The second kappa shape index (κ2) is 7.41. The number of methoxy groups -OCH3 is 1. The zero-order valence-electron chi connectivity index (χ0n) is 12.4. The molecule has 0 aliphatic carbocycles. The van der Waals surface area contributed by atoms with Crippen LogP contribution < -0.4 is 10.1 Å². The molecule has 0 aliphatic heterocycles. The molecule has 1 heterocycles. The van der Waals surface area contributed by atoms with E-state index in [1.807, 2.05) is 6.20 Å². The lowest BCUT2D eigenvalue weighted by Gasteiger charge is -2.17. The number of nitrogens with one attached hydrogen (secondary N) is 1. The van der Waals surface area contributed by atoms with Gasteiger partial charge in [0.1, 0.15) is 0 Å². The van der Waals surface area contributed by atoms with Crippen molar-refractivity contribution in [3.63, 3.8) is 0 Å². The molecule has 1 N–H and O–H groups in total. The van der Waals surface area contributed by atoms with Crippen LogP contribution in [0.1, 0.15) is 52.3 Å². The van der Waals surface area contributed by atoms with Gasteiger partial charge < -0.3 is 10.1 Å². The molecule has 0 bridgehead atoms. The van der Waals surface area contributed by atoms with Crippen LogP contribution in [0.5, 0.6) is 5.75 Å². The molecule has 0 fully saturated rings. The molecular formula is C14H27N3O. The SMILES string of the molecule is CCNC(CC)CCc1c(OC)cnn1C(C)C. The van der Waals surface area contributed by atoms with Gasteiger partial charge in [-0.05, 0) is 39.7 Å². The highest BCUT2D eigenvalue weighted by molar-refractivity contribution is 5.25. The van der Waals surface area contributed by atoms with E-state index in [2.05, 4.69) is 42.8 Å². The Hall–Kier alpha value is -1.03. The number of ether oxygens (including phenoxy) is 1. The first-order valence-electron chi connectivity index (χ1n) is 6.97. The van der Waals surface area contributed by atoms with Gasteiger partial charge in [-0.15, -0.1) is 0 Å². The highest BCUT2D eigenvalue weighted by Crippen LogP contribution is 2.23. The first kappa shape index (κ1) is 15.0. The zero-order chi connectivity index (χ0) is 13.5. The van der Waals surface area contributed by atoms with Crippen molar-refractivity contribution in [3.05, 3.63) is 11.9 Å². The molecule has 0 aromatic carbocycles. The summed E-state index contributed by atoms with van der Waals surface area (Å²) in [5, 5.41) is 7.92. The molecular weight excluding hydrogens is 226 g/mol. The molecule has 0 saturated carbocycles. The van der Waals surface area contributed by atoms with Crippen LogP contribution in [0.15, 0.2) is 6.20 Å². The molecule has 104 valence electrons. The third-order valence-electron chi connectivity index (χ3n) is 3.28. The van der Waals surface area contributed by atoms with Crippen molar-refractivity contribution in [2.75, 3.05) is 13.7 Å². The average molecular weight is 253 g/mol. The second-order valence-electron chi connectivity index (χ2n) is 4.90. The van der Waals surface area contributed by atoms with Crippen molar-refractivity contribution in [3.8, 4) is 5.75 Å². The Morgan fingerprint density at radius 1 is 1.39 bits per heavy atom. The molecule has 18 heavy (non-hydrogen) atoms. The first-order chi connectivity index (χ1) is 8.63. The summed E-state index contributed by atoms with van der Waals surface area (Å²) in [7, 11) is 1.72. The number of hydrogen-bond donors (Lipinski definition) is 1. The average Bonchev–Trinajstić information content (AvgIpc) is 2.77. The highest BCUT2D eigenvalue weighted by atomic mass is 16.5. The molecule has 1 aromatic heterocycles. The van der Waals surface area contributed by atoms with E-state index in [1.54, 1.807) is 7.11 Å². The number of rotatable bonds is 8. The second-order valence-corrected chi connectivity index (χ2v) is 4.90. The van der Waals surface area contributed by atoms with Gasteiger partial charge in [-0.2, -0.15) is 5.10 Å². The summed E-state index contributed by atoms with van der Waals surface area (Å²) in [6.45, 7) is 9.71.